The SMILES string of the molecule is CC/C=C/C/C=C/C/C=C/C/C=C/C/C=C/CCCCCC(=O)OC[C@@H](COP(=O)(O)OC1C(O)C(O)C(O)[C@H](O)C1O)OC(=O)CCCCCCC/C=C/C/C=C/CCCC. The number of allylic oxidation sites excluding steroid dienone is 14. The number of ether oxygens (including phenoxy) is 2. The molecule has 14 heteroatoms. The highest BCUT2D eigenvalue weighted by Gasteiger charge is 2.51. The number of phosphoric ester groups is 1. The summed E-state index contributed by atoms with van der Waals surface area (Å²) in [4.78, 5) is 35.7. The summed E-state index contributed by atoms with van der Waals surface area (Å²) in [5, 5.41) is 50.1. The molecular formula is C48H79O13P. The molecule has 0 radical (unpaired) electrons. The maximum Gasteiger partial charge on any atom is 0.472 e. The van der Waals surface area contributed by atoms with Crippen molar-refractivity contribution in [3.63, 3.8) is 0 Å². The van der Waals surface area contributed by atoms with Crippen molar-refractivity contribution in [1.29, 1.82) is 0 Å². The van der Waals surface area contributed by atoms with Crippen molar-refractivity contribution in [2.24, 2.45) is 0 Å². The summed E-state index contributed by atoms with van der Waals surface area (Å²) in [6, 6.07) is 0. The van der Waals surface area contributed by atoms with Crippen LogP contribution in [0.3, 0.4) is 0 Å². The second kappa shape index (κ2) is 37.4. The number of unbranched alkanes of at least 4 members (excludes halogenated alkanes) is 10. The second-order valence-electron chi connectivity index (χ2n) is 15.5. The fraction of sp³-hybridized carbons (Fsp3) is 0.667. The lowest BCUT2D eigenvalue weighted by Crippen LogP contribution is -2.64. The van der Waals surface area contributed by atoms with Gasteiger partial charge in [-0.15, -0.1) is 0 Å². The normalized spacial score (nSPS) is 22.6. The summed E-state index contributed by atoms with van der Waals surface area (Å²) >= 11 is 0. The molecule has 6 unspecified atom stereocenters. The van der Waals surface area contributed by atoms with Crippen molar-refractivity contribution >= 4 is 19.8 Å². The van der Waals surface area contributed by atoms with E-state index in [-0.39, 0.29) is 12.8 Å². The van der Waals surface area contributed by atoms with Gasteiger partial charge in [-0.2, -0.15) is 0 Å². The van der Waals surface area contributed by atoms with Gasteiger partial charge in [-0.3, -0.25) is 18.6 Å². The van der Waals surface area contributed by atoms with Gasteiger partial charge in [0, 0.05) is 12.8 Å². The van der Waals surface area contributed by atoms with Gasteiger partial charge in [-0.05, 0) is 83.5 Å². The minimum Gasteiger partial charge on any atom is -0.462 e. The predicted molar refractivity (Wildman–Crippen MR) is 244 cm³/mol. The molecule has 0 saturated heterocycles. The first-order chi connectivity index (χ1) is 29.9. The molecule has 0 aliphatic heterocycles. The maximum absolute atomic E-state index is 12.8. The zero-order valence-corrected chi connectivity index (χ0v) is 38.3. The Balaban J connectivity index is 2.50. The third kappa shape index (κ3) is 29.4. The van der Waals surface area contributed by atoms with Crippen molar-refractivity contribution in [1.82, 2.24) is 0 Å². The zero-order chi connectivity index (χ0) is 45.7. The molecule has 0 bridgehead atoms. The van der Waals surface area contributed by atoms with E-state index in [1.165, 1.54) is 12.8 Å². The van der Waals surface area contributed by atoms with E-state index in [0.717, 1.165) is 96.3 Å². The first kappa shape index (κ1) is 57.0. The fourth-order valence-corrected chi connectivity index (χ4v) is 7.24. The number of hydrogen-bond acceptors (Lipinski definition) is 12. The summed E-state index contributed by atoms with van der Waals surface area (Å²) in [6.07, 6.45) is 34.9. The van der Waals surface area contributed by atoms with Gasteiger partial charge in [0.05, 0.1) is 6.61 Å². The average molecular weight is 895 g/mol. The Morgan fingerprint density at radius 1 is 0.516 bits per heavy atom. The van der Waals surface area contributed by atoms with Gasteiger partial charge in [0.2, 0.25) is 0 Å². The van der Waals surface area contributed by atoms with E-state index < -0.39 is 75.7 Å². The van der Waals surface area contributed by atoms with Crippen molar-refractivity contribution in [3.05, 3.63) is 85.1 Å². The van der Waals surface area contributed by atoms with E-state index in [4.69, 9.17) is 18.5 Å². The zero-order valence-electron chi connectivity index (χ0n) is 37.4. The minimum atomic E-state index is -5.13. The van der Waals surface area contributed by atoms with E-state index >= 15 is 0 Å². The standard InChI is InChI=1S/C48H79O13P/c1-3-5-7-9-11-13-15-17-19-20-21-22-23-25-26-28-30-32-34-36-41(49)58-38-40(39-59-62(56,57)61-48-46(54)44(52)43(51)45(53)47(48)55)60-42(50)37-35-33-31-29-27-24-18-16-14-12-10-8-6-4-2/h5,7,10-13,16-19,21-22,25-26,40,43-48,51-55H,3-4,6,8-9,14-15,20,23-24,27-39H2,1-2H3,(H,56,57)/b7-5+,12-10+,13-11+,18-16+,19-17+,22-21+,26-25+/t40-,43?,44-,45?,46?,47?,48?/m0/s1. The summed E-state index contributed by atoms with van der Waals surface area (Å²) in [7, 11) is -5.13. The van der Waals surface area contributed by atoms with Gasteiger partial charge >= 0.3 is 19.8 Å². The Morgan fingerprint density at radius 3 is 1.42 bits per heavy atom. The molecule has 8 atom stereocenters. The Kier molecular flexibility index (Phi) is 34.4. The van der Waals surface area contributed by atoms with Crippen molar-refractivity contribution in [2.45, 2.75) is 191 Å². The molecule has 13 nitrogen and oxygen atoms in total. The lowest BCUT2D eigenvalue weighted by atomic mass is 9.85. The topological polar surface area (TPSA) is 210 Å². The van der Waals surface area contributed by atoms with Crippen LogP contribution in [0.25, 0.3) is 0 Å². The number of esters is 2. The van der Waals surface area contributed by atoms with Crippen LogP contribution in [0.15, 0.2) is 85.1 Å². The van der Waals surface area contributed by atoms with Crippen LogP contribution in [-0.2, 0) is 32.7 Å². The van der Waals surface area contributed by atoms with Gasteiger partial charge in [-0.25, -0.2) is 4.57 Å². The molecule has 6 N–H and O–H groups in total. The molecular weight excluding hydrogens is 815 g/mol. The number of carbonyl (C=O) groups is 2. The van der Waals surface area contributed by atoms with Crippen molar-refractivity contribution in [2.75, 3.05) is 13.2 Å². The monoisotopic (exact) mass is 895 g/mol. The number of rotatable bonds is 36. The van der Waals surface area contributed by atoms with E-state index in [1.807, 2.05) is 0 Å². The van der Waals surface area contributed by atoms with Crippen LogP contribution in [0.5, 0.6) is 0 Å². The minimum absolute atomic E-state index is 0.0679. The van der Waals surface area contributed by atoms with Gasteiger partial charge < -0.3 is 39.9 Å². The molecule has 1 aliphatic carbocycles. The van der Waals surface area contributed by atoms with Crippen LogP contribution < -0.4 is 0 Å². The van der Waals surface area contributed by atoms with Gasteiger partial charge in [0.25, 0.3) is 0 Å². The number of aliphatic hydroxyl groups excluding tert-OH is 5. The molecule has 1 rings (SSSR count). The Hall–Kier alpha value is -2.97. The van der Waals surface area contributed by atoms with Gasteiger partial charge in [0.15, 0.2) is 6.10 Å². The third-order valence-corrected chi connectivity index (χ3v) is 11.0. The summed E-state index contributed by atoms with van der Waals surface area (Å²) in [5.41, 5.74) is 0. The highest BCUT2D eigenvalue weighted by molar-refractivity contribution is 7.47. The molecule has 1 fully saturated rings. The van der Waals surface area contributed by atoms with Crippen LogP contribution in [0, 0.1) is 0 Å². The lowest BCUT2D eigenvalue weighted by Gasteiger charge is -2.41. The third-order valence-electron chi connectivity index (χ3n) is 9.97. The number of hydrogen-bond donors (Lipinski definition) is 6. The smallest absolute Gasteiger partial charge is 0.462 e. The average Bonchev–Trinajstić information content (AvgIpc) is 3.25. The van der Waals surface area contributed by atoms with Crippen LogP contribution in [-0.4, -0.2) is 98.3 Å². The van der Waals surface area contributed by atoms with Crippen molar-refractivity contribution in [3.8, 4) is 0 Å². The molecule has 0 amide bonds. The van der Waals surface area contributed by atoms with Gasteiger partial charge in [0.1, 0.15) is 43.2 Å². The second-order valence-corrected chi connectivity index (χ2v) is 16.9. The highest BCUT2D eigenvalue weighted by atomic mass is 31.2. The number of aliphatic hydroxyl groups is 5. The van der Waals surface area contributed by atoms with E-state index in [0.29, 0.717) is 12.8 Å². The fourth-order valence-electron chi connectivity index (χ4n) is 6.27. The highest BCUT2D eigenvalue weighted by Crippen LogP contribution is 2.47. The quantitative estimate of drug-likeness (QED) is 0.0150. The van der Waals surface area contributed by atoms with E-state index in [1.54, 1.807) is 0 Å². The summed E-state index contributed by atoms with van der Waals surface area (Å²) in [5.74, 6) is -1.16. The van der Waals surface area contributed by atoms with Gasteiger partial charge in [-0.1, -0.05) is 137 Å². The Bertz CT molecular complexity index is 1400. The molecule has 0 aromatic heterocycles. The predicted octanol–water partition coefficient (Wildman–Crippen LogP) is 8.89. The summed E-state index contributed by atoms with van der Waals surface area (Å²) in [6.45, 7) is 3.09. The molecule has 0 aromatic carbocycles. The van der Waals surface area contributed by atoms with Crippen molar-refractivity contribution < 1.29 is 63.1 Å². The summed E-state index contributed by atoms with van der Waals surface area (Å²) < 4.78 is 33.5. The maximum atomic E-state index is 12.8. The van der Waals surface area contributed by atoms with Crippen LogP contribution in [0.1, 0.15) is 149 Å². The Labute approximate surface area is 371 Å². The number of phosphoric acid groups is 1. The first-order valence-electron chi connectivity index (χ1n) is 22.9. The van der Waals surface area contributed by atoms with Crippen LogP contribution >= 0.6 is 7.82 Å². The largest absolute Gasteiger partial charge is 0.472 e. The molecule has 1 saturated carbocycles. The van der Waals surface area contributed by atoms with Crippen LogP contribution in [0.4, 0.5) is 0 Å². The molecule has 0 heterocycles. The molecule has 1 aliphatic rings. The lowest BCUT2D eigenvalue weighted by molar-refractivity contribution is -0.220. The number of carbonyl (C=O) groups excluding carboxylic acids is 2. The van der Waals surface area contributed by atoms with Crippen LogP contribution in [0.2, 0.25) is 0 Å². The van der Waals surface area contributed by atoms with E-state index in [9.17, 15) is 44.6 Å². The van der Waals surface area contributed by atoms with E-state index in [2.05, 4.69) is 98.9 Å². The molecule has 354 valence electrons. The molecule has 0 spiro atoms. The molecule has 0 aromatic rings. The Morgan fingerprint density at radius 2 is 0.919 bits per heavy atom. The molecule has 62 heavy (non-hydrogen) atoms. The first-order valence-corrected chi connectivity index (χ1v) is 24.4.